The van der Waals surface area contributed by atoms with E-state index >= 15 is 0 Å². The van der Waals surface area contributed by atoms with Crippen LogP contribution in [0, 0.1) is 6.92 Å². The molecular weight excluding hydrogens is 280 g/mol. The van der Waals surface area contributed by atoms with Gasteiger partial charge in [0.15, 0.2) is 0 Å². The number of nitrogens with one attached hydrogen (secondary N) is 1. The van der Waals surface area contributed by atoms with Crippen molar-refractivity contribution in [1.82, 2.24) is 10.3 Å². The Morgan fingerprint density at radius 1 is 1.37 bits per heavy atom. The molecule has 0 amide bonds. The number of halogens is 1. The average Bonchev–Trinajstić information content (AvgIpc) is 2.85. The van der Waals surface area contributed by atoms with Crippen molar-refractivity contribution in [3.63, 3.8) is 0 Å². The quantitative estimate of drug-likeness (QED) is 0.915. The molecule has 0 atom stereocenters. The minimum absolute atomic E-state index is 0. The molecule has 0 radical (unpaired) electrons. The lowest BCUT2D eigenvalue weighted by Gasteiger charge is -2.07. The molecule has 3 nitrogen and oxygen atoms in total. The van der Waals surface area contributed by atoms with Gasteiger partial charge in [0.1, 0.15) is 10.8 Å². The van der Waals surface area contributed by atoms with Gasteiger partial charge in [0.2, 0.25) is 0 Å². The van der Waals surface area contributed by atoms with Crippen LogP contribution >= 0.6 is 23.7 Å². The van der Waals surface area contributed by atoms with E-state index in [0.29, 0.717) is 0 Å². The third-order valence-corrected chi connectivity index (χ3v) is 3.56. The first-order chi connectivity index (χ1) is 8.74. The smallest absolute Gasteiger partial charge is 0.128 e. The number of thiazole rings is 1. The average molecular weight is 299 g/mol. The fourth-order valence-corrected chi connectivity index (χ4v) is 2.53. The molecule has 1 aromatic carbocycles. The monoisotopic (exact) mass is 298 g/mol. The van der Waals surface area contributed by atoms with Gasteiger partial charge in [0.25, 0.3) is 0 Å². The van der Waals surface area contributed by atoms with E-state index in [4.69, 9.17) is 4.74 Å². The van der Waals surface area contributed by atoms with Gasteiger partial charge in [-0.1, -0.05) is 18.6 Å². The number of rotatable bonds is 5. The van der Waals surface area contributed by atoms with Gasteiger partial charge in [-0.25, -0.2) is 4.98 Å². The van der Waals surface area contributed by atoms with Crippen molar-refractivity contribution in [2.24, 2.45) is 0 Å². The molecule has 2 aromatic rings. The number of aromatic nitrogens is 1. The summed E-state index contributed by atoms with van der Waals surface area (Å²) in [5, 5.41) is 6.48. The summed E-state index contributed by atoms with van der Waals surface area (Å²) in [7, 11) is 1.69. The molecule has 1 N–H and O–H groups in total. The first kappa shape index (κ1) is 16.0. The number of benzene rings is 1. The number of aryl methyl sites for hydroxylation is 1. The number of hydrogen-bond donors (Lipinski definition) is 1. The highest BCUT2D eigenvalue weighted by molar-refractivity contribution is 7.09. The van der Waals surface area contributed by atoms with Crippen molar-refractivity contribution in [2.45, 2.75) is 20.4 Å². The van der Waals surface area contributed by atoms with Crippen LogP contribution in [0.4, 0.5) is 0 Å². The van der Waals surface area contributed by atoms with Gasteiger partial charge in [-0.2, -0.15) is 0 Å². The zero-order valence-corrected chi connectivity index (χ0v) is 13.0. The second-order valence-electron chi connectivity index (χ2n) is 4.11. The van der Waals surface area contributed by atoms with Gasteiger partial charge in [0.05, 0.1) is 12.8 Å². The second-order valence-corrected chi connectivity index (χ2v) is 5.05. The van der Waals surface area contributed by atoms with Crippen LogP contribution in [-0.4, -0.2) is 18.6 Å². The SMILES string of the molecule is CCNCc1nc(-c2cc(C)ccc2OC)cs1.Cl. The third kappa shape index (κ3) is 3.93. The Kier molecular flexibility index (Phi) is 6.28. The molecule has 1 heterocycles. The summed E-state index contributed by atoms with van der Waals surface area (Å²) in [5.74, 6) is 0.876. The van der Waals surface area contributed by atoms with E-state index < -0.39 is 0 Å². The Hall–Kier alpha value is -1.10. The van der Waals surface area contributed by atoms with Crippen molar-refractivity contribution >= 4 is 23.7 Å². The lowest BCUT2D eigenvalue weighted by molar-refractivity contribution is 0.416. The lowest BCUT2D eigenvalue weighted by atomic mass is 10.1. The number of methoxy groups -OCH3 is 1. The Morgan fingerprint density at radius 2 is 2.16 bits per heavy atom. The van der Waals surface area contributed by atoms with Crippen molar-refractivity contribution in [2.75, 3.05) is 13.7 Å². The topological polar surface area (TPSA) is 34.2 Å². The van der Waals surface area contributed by atoms with Gasteiger partial charge in [-0.05, 0) is 25.6 Å². The molecule has 0 bridgehead atoms. The van der Waals surface area contributed by atoms with Crippen LogP contribution in [0.2, 0.25) is 0 Å². The van der Waals surface area contributed by atoms with Gasteiger partial charge >= 0.3 is 0 Å². The Bertz CT molecular complexity index is 528. The maximum absolute atomic E-state index is 5.39. The van der Waals surface area contributed by atoms with Gasteiger partial charge in [0, 0.05) is 17.5 Å². The van der Waals surface area contributed by atoms with Crippen molar-refractivity contribution in [1.29, 1.82) is 0 Å². The molecule has 0 aliphatic carbocycles. The van der Waals surface area contributed by atoms with E-state index in [0.717, 1.165) is 35.1 Å². The molecule has 5 heteroatoms. The van der Waals surface area contributed by atoms with Crippen LogP contribution in [0.1, 0.15) is 17.5 Å². The predicted molar refractivity (Wildman–Crippen MR) is 83.5 cm³/mol. The zero-order chi connectivity index (χ0) is 13.0. The normalized spacial score (nSPS) is 10.1. The summed E-state index contributed by atoms with van der Waals surface area (Å²) in [5.41, 5.74) is 3.27. The van der Waals surface area contributed by atoms with E-state index in [1.807, 2.05) is 12.1 Å². The Labute approximate surface area is 124 Å². The van der Waals surface area contributed by atoms with E-state index in [2.05, 4.69) is 35.6 Å². The van der Waals surface area contributed by atoms with Crippen LogP contribution < -0.4 is 10.1 Å². The highest BCUT2D eigenvalue weighted by Crippen LogP contribution is 2.31. The molecule has 2 rings (SSSR count). The van der Waals surface area contributed by atoms with E-state index in [9.17, 15) is 0 Å². The molecule has 0 spiro atoms. The number of ether oxygens (including phenoxy) is 1. The van der Waals surface area contributed by atoms with Crippen LogP contribution in [0.25, 0.3) is 11.3 Å². The Balaban J connectivity index is 0.00000180. The first-order valence-electron chi connectivity index (χ1n) is 6.04. The fourth-order valence-electron chi connectivity index (χ4n) is 1.77. The van der Waals surface area contributed by atoms with Crippen LogP contribution in [0.5, 0.6) is 5.75 Å². The largest absolute Gasteiger partial charge is 0.496 e. The Morgan fingerprint density at radius 3 is 2.84 bits per heavy atom. The van der Waals surface area contributed by atoms with E-state index in [1.54, 1.807) is 18.4 Å². The third-order valence-electron chi connectivity index (χ3n) is 2.71. The molecule has 0 unspecified atom stereocenters. The highest BCUT2D eigenvalue weighted by Gasteiger charge is 2.10. The summed E-state index contributed by atoms with van der Waals surface area (Å²) < 4.78 is 5.39. The van der Waals surface area contributed by atoms with Crippen LogP contribution in [0.15, 0.2) is 23.6 Å². The molecule has 0 aliphatic rings. The van der Waals surface area contributed by atoms with E-state index in [-0.39, 0.29) is 12.4 Å². The molecule has 0 saturated heterocycles. The van der Waals surface area contributed by atoms with E-state index in [1.165, 1.54) is 5.56 Å². The van der Waals surface area contributed by atoms with Crippen LogP contribution in [-0.2, 0) is 6.54 Å². The molecule has 19 heavy (non-hydrogen) atoms. The number of hydrogen-bond acceptors (Lipinski definition) is 4. The fraction of sp³-hybridized carbons (Fsp3) is 0.357. The molecule has 1 aromatic heterocycles. The van der Waals surface area contributed by atoms with Crippen molar-refractivity contribution in [3.8, 4) is 17.0 Å². The summed E-state index contributed by atoms with van der Waals surface area (Å²) in [6.07, 6.45) is 0. The molecular formula is C14H19ClN2OS. The van der Waals surface area contributed by atoms with Crippen molar-refractivity contribution in [3.05, 3.63) is 34.2 Å². The highest BCUT2D eigenvalue weighted by atomic mass is 35.5. The lowest BCUT2D eigenvalue weighted by Crippen LogP contribution is -2.11. The van der Waals surface area contributed by atoms with Gasteiger partial charge in [-0.3, -0.25) is 0 Å². The molecule has 0 saturated carbocycles. The minimum Gasteiger partial charge on any atom is -0.496 e. The molecule has 104 valence electrons. The summed E-state index contributed by atoms with van der Waals surface area (Å²) in [6, 6.07) is 6.16. The zero-order valence-electron chi connectivity index (χ0n) is 11.4. The maximum atomic E-state index is 5.39. The van der Waals surface area contributed by atoms with Crippen LogP contribution in [0.3, 0.4) is 0 Å². The predicted octanol–water partition coefficient (Wildman–Crippen LogP) is 3.66. The van der Waals surface area contributed by atoms with Crippen molar-refractivity contribution < 1.29 is 4.74 Å². The molecule has 0 aliphatic heterocycles. The summed E-state index contributed by atoms with van der Waals surface area (Å²) in [4.78, 5) is 4.64. The standard InChI is InChI=1S/C14H18N2OS.ClH/c1-4-15-8-14-16-12(9-18-14)11-7-10(2)5-6-13(11)17-3;/h5-7,9,15H,4,8H2,1-3H3;1H. The second kappa shape index (κ2) is 7.48. The number of nitrogens with zero attached hydrogens (tertiary/aromatic N) is 1. The minimum atomic E-state index is 0. The first-order valence-corrected chi connectivity index (χ1v) is 6.92. The van der Waals surface area contributed by atoms with Gasteiger partial charge in [-0.15, -0.1) is 23.7 Å². The molecule has 0 fully saturated rings. The maximum Gasteiger partial charge on any atom is 0.128 e. The summed E-state index contributed by atoms with van der Waals surface area (Å²) in [6.45, 7) is 5.96. The van der Waals surface area contributed by atoms with Gasteiger partial charge < -0.3 is 10.1 Å². The summed E-state index contributed by atoms with van der Waals surface area (Å²) >= 11 is 1.68.